The van der Waals surface area contributed by atoms with E-state index in [1.807, 2.05) is 0 Å². The van der Waals surface area contributed by atoms with Crippen molar-refractivity contribution in [2.45, 2.75) is 70.6 Å². The molecule has 158 valence electrons. The molecule has 3 fully saturated rings. The maximum Gasteiger partial charge on any atom is 0.258 e. The first-order valence-electron chi connectivity index (χ1n) is 11.8. The molecule has 1 atom stereocenters. The van der Waals surface area contributed by atoms with Gasteiger partial charge in [-0.25, -0.2) is 0 Å². The molecule has 5 rings (SSSR count). The van der Waals surface area contributed by atoms with E-state index in [4.69, 9.17) is 9.47 Å². The van der Waals surface area contributed by atoms with Gasteiger partial charge in [-0.15, -0.1) is 0 Å². The second-order valence-corrected chi connectivity index (χ2v) is 9.89. The van der Waals surface area contributed by atoms with Gasteiger partial charge in [-0.1, -0.05) is 6.08 Å². The van der Waals surface area contributed by atoms with Gasteiger partial charge in [0, 0.05) is 6.07 Å². The summed E-state index contributed by atoms with van der Waals surface area (Å²) in [6.07, 6.45) is 17.2. The van der Waals surface area contributed by atoms with Crippen molar-refractivity contribution in [2.24, 2.45) is 29.6 Å². The second-order valence-electron chi connectivity index (χ2n) is 9.89. The summed E-state index contributed by atoms with van der Waals surface area (Å²) in [5.41, 5.74) is 1.34. The molecule has 4 heteroatoms. The monoisotopic (exact) mass is 399 g/mol. The molecular formula is C25H34FNO2. The van der Waals surface area contributed by atoms with E-state index in [1.165, 1.54) is 69.8 Å². The predicted octanol–water partition coefficient (Wildman–Crippen LogP) is 6.33. The van der Waals surface area contributed by atoms with Crippen LogP contribution in [0.4, 0.5) is 4.39 Å². The first kappa shape index (κ1) is 19.4. The third kappa shape index (κ3) is 5.13. The summed E-state index contributed by atoms with van der Waals surface area (Å²) in [6.45, 7) is 1.12. The lowest BCUT2D eigenvalue weighted by Crippen LogP contribution is -2.24. The number of nitrogens with zero attached hydrogens (tertiary/aromatic N) is 1. The molecule has 0 aliphatic heterocycles. The Bertz CT molecular complexity index is 732. The topological polar surface area (TPSA) is 31.4 Å². The molecule has 1 heterocycles. The fourth-order valence-corrected chi connectivity index (χ4v) is 5.38. The Morgan fingerprint density at radius 2 is 1.52 bits per heavy atom. The first-order chi connectivity index (χ1) is 14.2. The van der Waals surface area contributed by atoms with Crippen LogP contribution in [0.2, 0.25) is 0 Å². The number of hydrogen-bond donors (Lipinski definition) is 0. The van der Waals surface area contributed by atoms with Crippen LogP contribution in [0.25, 0.3) is 0 Å². The van der Waals surface area contributed by atoms with Crippen LogP contribution in [0.3, 0.4) is 0 Å². The van der Waals surface area contributed by atoms with Gasteiger partial charge in [0.15, 0.2) is 5.75 Å². The van der Waals surface area contributed by atoms with Crippen LogP contribution in [0.1, 0.15) is 70.6 Å². The van der Waals surface area contributed by atoms with E-state index in [1.54, 1.807) is 12.1 Å². The number of pyridine rings is 1. The number of ether oxygens (including phenoxy) is 2. The van der Waals surface area contributed by atoms with Gasteiger partial charge in [0.25, 0.3) is 5.95 Å². The van der Waals surface area contributed by atoms with Crippen LogP contribution >= 0.6 is 0 Å². The van der Waals surface area contributed by atoms with Gasteiger partial charge in [0.1, 0.15) is 6.61 Å². The van der Waals surface area contributed by atoms with Crippen LogP contribution in [0.15, 0.2) is 23.8 Å². The highest BCUT2D eigenvalue weighted by atomic mass is 19.1. The summed E-state index contributed by atoms with van der Waals surface area (Å²) in [4.78, 5) is 3.93. The molecule has 4 aliphatic carbocycles. The van der Waals surface area contributed by atoms with E-state index >= 15 is 0 Å². The van der Waals surface area contributed by atoms with Crippen molar-refractivity contribution in [2.75, 3.05) is 13.2 Å². The molecule has 29 heavy (non-hydrogen) atoms. The molecule has 1 aromatic heterocycles. The van der Waals surface area contributed by atoms with Crippen LogP contribution in [-0.2, 0) is 0 Å². The van der Waals surface area contributed by atoms with Gasteiger partial charge >= 0.3 is 0 Å². The molecule has 0 aromatic carbocycles. The summed E-state index contributed by atoms with van der Waals surface area (Å²) >= 11 is 0. The Kier molecular flexibility index (Phi) is 5.78. The van der Waals surface area contributed by atoms with Crippen molar-refractivity contribution in [3.63, 3.8) is 0 Å². The maximum atomic E-state index is 14.1. The lowest BCUT2D eigenvalue weighted by molar-refractivity contribution is 0.179. The van der Waals surface area contributed by atoms with Gasteiger partial charge in [-0.3, -0.25) is 0 Å². The van der Waals surface area contributed by atoms with E-state index in [9.17, 15) is 4.39 Å². The lowest BCUT2D eigenvalue weighted by atomic mass is 9.70. The van der Waals surface area contributed by atoms with E-state index < -0.39 is 5.95 Å². The molecule has 4 aliphatic rings. The Labute approximate surface area is 174 Å². The van der Waals surface area contributed by atoms with Crippen molar-refractivity contribution in [1.29, 1.82) is 0 Å². The molecule has 0 spiro atoms. The van der Waals surface area contributed by atoms with Gasteiger partial charge in [0.05, 0.1) is 6.61 Å². The van der Waals surface area contributed by atoms with Crippen molar-refractivity contribution in [3.05, 3.63) is 29.7 Å². The average molecular weight is 400 g/mol. The Hall–Kier alpha value is -1.58. The summed E-state index contributed by atoms with van der Waals surface area (Å²) in [6, 6.07) is 3.36. The van der Waals surface area contributed by atoms with E-state index in [0.717, 1.165) is 30.1 Å². The minimum absolute atomic E-state index is 0.236. The molecule has 0 radical (unpaired) electrons. The predicted molar refractivity (Wildman–Crippen MR) is 112 cm³/mol. The zero-order valence-electron chi connectivity index (χ0n) is 17.5. The lowest BCUT2D eigenvalue weighted by Gasteiger charge is -2.35. The first-order valence-corrected chi connectivity index (χ1v) is 11.8. The number of hydrogen-bond acceptors (Lipinski definition) is 3. The third-order valence-corrected chi connectivity index (χ3v) is 7.68. The van der Waals surface area contributed by atoms with Crippen LogP contribution in [0.5, 0.6) is 11.6 Å². The summed E-state index contributed by atoms with van der Waals surface area (Å²) < 4.78 is 25.4. The highest BCUT2D eigenvalue weighted by Gasteiger charge is 2.36. The SMILES string of the molecule is Fc1nc(OCC2=CCC(C3CCC(C4CC4)CC3)CC2)ccc1OCC1CC1. The van der Waals surface area contributed by atoms with Crippen molar-refractivity contribution in [1.82, 2.24) is 4.98 Å². The Morgan fingerprint density at radius 3 is 2.10 bits per heavy atom. The third-order valence-electron chi connectivity index (χ3n) is 7.68. The molecule has 3 saturated carbocycles. The summed E-state index contributed by atoms with van der Waals surface area (Å²) in [5, 5.41) is 0. The van der Waals surface area contributed by atoms with E-state index in [-0.39, 0.29) is 5.75 Å². The van der Waals surface area contributed by atoms with Gasteiger partial charge in [0.2, 0.25) is 5.88 Å². The zero-order valence-corrected chi connectivity index (χ0v) is 17.5. The molecular weight excluding hydrogens is 365 g/mol. The Morgan fingerprint density at radius 1 is 0.828 bits per heavy atom. The summed E-state index contributed by atoms with van der Waals surface area (Å²) in [7, 11) is 0. The zero-order chi connectivity index (χ0) is 19.6. The quantitative estimate of drug-likeness (QED) is 0.378. The van der Waals surface area contributed by atoms with E-state index in [2.05, 4.69) is 11.1 Å². The molecule has 1 unspecified atom stereocenters. The molecule has 3 nitrogen and oxygen atoms in total. The fraction of sp³-hybridized carbons (Fsp3) is 0.720. The van der Waals surface area contributed by atoms with Crippen LogP contribution in [0, 0.1) is 35.5 Å². The number of rotatable bonds is 8. The largest absolute Gasteiger partial charge is 0.488 e. The normalized spacial score (nSPS) is 30.0. The second kappa shape index (κ2) is 8.65. The van der Waals surface area contributed by atoms with Crippen LogP contribution < -0.4 is 9.47 Å². The van der Waals surface area contributed by atoms with E-state index in [0.29, 0.717) is 25.0 Å². The maximum absolute atomic E-state index is 14.1. The smallest absolute Gasteiger partial charge is 0.258 e. The van der Waals surface area contributed by atoms with Gasteiger partial charge in [-0.05, 0) is 112 Å². The fourth-order valence-electron chi connectivity index (χ4n) is 5.38. The van der Waals surface area contributed by atoms with Crippen molar-refractivity contribution >= 4 is 0 Å². The molecule has 1 aromatic rings. The number of halogens is 1. The Balaban J connectivity index is 1.06. The molecule has 0 N–H and O–H groups in total. The van der Waals surface area contributed by atoms with Crippen molar-refractivity contribution < 1.29 is 13.9 Å². The summed E-state index contributed by atoms with van der Waals surface area (Å²) in [5.74, 6) is 4.54. The standard InChI is InChI=1S/C25H34FNO2/c26-25-23(28-15-17-1-2-17)13-14-24(27-25)29-16-18-3-5-19(6-4-18)20-7-9-21(10-8-20)22-11-12-22/h3,13-14,17,19-22H,1-2,4-12,15-16H2. The highest BCUT2D eigenvalue weighted by Crippen LogP contribution is 2.47. The molecule has 0 bridgehead atoms. The van der Waals surface area contributed by atoms with Crippen LogP contribution in [-0.4, -0.2) is 18.2 Å². The minimum atomic E-state index is -0.567. The van der Waals surface area contributed by atoms with Gasteiger partial charge < -0.3 is 9.47 Å². The number of aromatic nitrogens is 1. The number of allylic oxidation sites excluding steroid dienone is 1. The molecule has 0 amide bonds. The average Bonchev–Trinajstić information content (AvgIpc) is 3.66. The van der Waals surface area contributed by atoms with Gasteiger partial charge in [-0.2, -0.15) is 9.37 Å². The molecule has 0 saturated heterocycles. The van der Waals surface area contributed by atoms with Crippen molar-refractivity contribution in [3.8, 4) is 11.6 Å². The minimum Gasteiger partial charge on any atom is -0.488 e. The highest BCUT2D eigenvalue weighted by molar-refractivity contribution is 5.25.